The number of aromatic nitrogens is 3. The van der Waals surface area contributed by atoms with Gasteiger partial charge in [-0.3, -0.25) is 4.79 Å². The lowest BCUT2D eigenvalue weighted by Gasteiger charge is -2.37. The summed E-state index contributed by atoms with van der Waals surface area (Å²) in [4.78, 5) is 27.3. The van der Waals surface area contributed by atoms with Crippen LogP contribution in [-0.2, 0) is 11.3 Å². The highest BCUT2D eigenvalue weighted by Gasteiger charge is 2.29. The second kappa shape index (κ2) is 15.1. The molecule has 0 bridgehead atoms. The molecule has 1 heterocycles. The average Bonchev–Trinajstić information content (AvgIpc) is 2.99. The lowest BCUT2D eigenvalue weighted by molar-refractivity contribution is -0.120. The SMILES string of the molecule is CNC(=O)CCCOc1ccc(CN(c2nc(Cl)nc(Nc3ccccc3Cl)n2)C(C)C2CCCCC2)c(OC)c1. The molecule has 4 rings (SSSR count). The maximum Gasteiger partial charge on any atom is 0.233 e. The van der Waals surface area contributed by atoms with Gasteiger partial charge < -0.3 is 25.0 Å². The number of rotatable bonds is 13. The molecule has 2 N–H and O–H groups in total. The number of benzene rings is 2. The summed E-state index contributed by atoms with van der Waals surface area (Å²) >= 11 is 12.8. The van der Waals surface area contributed by atoms with Crippen LogP contribution in [0.5, 0.6) is 11.5 Å². The number of anilines is 3. The van der Waals surface area contributed by atoms with Crippen molar-refractivity contribution in [3.63, 3.8) is 0 Å². The molecule has 11 heteroatoms. The van der Waals surface area contributed by atoms with Crippen LogP contribution in [0.1, 0.15) is 57.4 Å². The van der Waals surface area contributed by atoms with E-state index in [1.165, 1.54) is 19.3 Å². The molecule has 1 aliphatic rings. The summed E-state index contributed by atoms with van der Waals surface area (Å²) in [6, 6.07) is 13.3. The van der Waals surface area contributed by atoms with Gasteiger partial charge in [0.1, 0.15) is 11.5 Å². The van der Waals surface area contributed by atoms with Crippen LogP contribution in [-0.4, -0.2) is 47.7 Å². The van der Waals surface area contributed by atoms with Gasteiger partial charge in [0.05, 0.1) is 24.4 Å². The van der Waals surface area contributed by atoms with Gasteiger partial charge in [-0.2, -0.15) is 15.0 Å². The number of hydrogen-bond donors (Lipinski definition) is 2. The summed E-state index contributed by atoms with van der Waals surface area (Å²) < 4.78 is 11.7. The van der Waals surface area contributed by atoms with Gasteiger partial charge >= 0.3 is 0 Å². The zero-order chi connectivity index (χ0) is 29.2. The minimum atomic E-state index is -0.00244. The van der Waals surface area contributed by atoms with E-state index in [9.17, 15) is 4.79 Å². The second-order valence-corrected chi connectivity index (χ2v) is 10.9. The third-order valence-corrected chi connectivity index (χ3v) is 7.99. The number of para-hydroxylation sites is 1. The first-order chi connectivity index (χ1) is 19.9. The third-order valence-electron chi connectivity index (χ3n) is 7.49. The number of amides is 1. The lowest BCUT2D eigenvalue weighted by atomic mass is 9.84. The molecule has 3 aromatic rings. The van der Waals surface area contributed by atoms with Crippen molar-refractivity contribution in [2.24, 2.45) is 5.92 Å². The van der Waals surface area contributed by atoms with E-state index in [4.69, 9.17) is 37.7 Å². The summed E-state index contributed by atoms with van der Waals surface area (Å²) in [6.45, 7) is 3.17. The van der Waals surface area contributed by atoms with Gasteiger partial charge in [0.15, 0.2) is 0 Å². The van der Waals surface area contributed by atoms with Crippen LogP contribution in [0, 0.1) is 5.92 Å². The smallest absolute Gasteiger partial charge is 0.233 e. The minimum absolute atomic E-state index is 0.00244. The molecule has 1 atom stereocenters. The number of nitrogens with one attached hydrogen (secondary N) is 2. The molecule has 1 amide bonds. The fourth-order valence-corrected chi connectivity index (χ4v) is 5.49. The van der Waals surface area contributed by atoms with Gasteiger partial charge in [-0.1, -0.05) is 43.0 Å². The minimum Gasteiger partial charge on any atom is -0.496 e. The number of ether oxygens (including phenoxy) is 2. The molecule has 41 heavy (non-hydrogen) atoms. The zero-order valence-corrected chi connectivity index (χ0v) is 25.3. The molecule has 1 unspecified atom stereocenters. The van der Waals surface area contributed by atoms with Gasteiger partial charge in [0, 0.05) is 37.7 Å². The number of hydrogen-bond acceptors (Lipinski definition) is 8. The molecule has 1 aromatic heterocycles. The van der Waals surface area contributed by atoms with E-state index in [-0.39, 0.29) is 17.2 Å². The van der Waals surface area contributed by atoms with Gasteiger partial charge in [-0.25, -0.2) is 0 Å². The Hall–Kier alpha value is -3.30. The van der Waals surface area contributed by atoms with Crippen LogP contribution in [0.25, 0.3) is 0 Å². The van der Waals surface area contributed by atoms with Crippen molar-refractivity contribution in [1.82, 2.24) is 20.3 Å². The van der Waals surface area contributed by atoms with Crippen molar-refractivity contribution >= 4 is 46.7 Å². The van der Waals surface area contributed by atoms with E-state index in [2.05, 4.69) is 32.4 Å². The van der Waals surface area contributed by atoms with Crippen LogP contribution in [0.3, 0.4) is 0 Å². The van der Waals surface area contributed by atoms with E-state index in [0.29, 0.717) is 66.0 Å². The fourth-order valence-electron chi connectivity index (χ4n) is 5.15. The maximum absolute atomic E-state index is 11.5. The van der Waals surface area contributed by atoms with Crippen LogP contribution >= 0.6 is 23.2 Å². The van der Waals surface area contributed by atoms with Crippen LogP contribution in [0.4, 0.5) is 17.6 Å². The monoisotopic (exact) mass is 600 g/mol. The fraction of sp³-hybridized carbons (Fsp3) is 0.467. The maximum atomic E-state index is 11.5. The van der Waals surface area contributed by atoms with E-state index < -0.39 is 0 Å². The second-order valence-electron chi connectivity index (χ2n) is 10.2. The normalized spacial score (nSPS) is 14.3. The number of carbonyl (C=O) groups is 1. The number of methoxy groups -OCH3 is 1. The molecule has 0 aliphatic heterocycles. The summed E-state index contributed by atoms with van der Waals surface area (Å²) in [5.41, 5.74) is 1.65. The molecular formula is C30H38Cl2N6O3. The molecule has 0 radical (unpaired) electrons. The summed E-state index contributed by atoms with van der Waals surface area (Å²) in [7, 11) is 3.28. The van der Waals surface area contributed by atoms with Crippen molar-refractivity contribution in [3.8, 4) is 11.5 Å². The van der Waals surface area contributed by atoms with Gasteiger partial charge in [-0.15, -0.1) is 0 Å². The van der Waals surface area contributed by atoms with Crippen molar-refractivity contribution in [3.05, 3.63) is 58.3 Å². The molecule has 220 valence electrons. The Bertz CT molecular complexity index is 1300. The average molecular weight is 602 g/mol. The van der Waals surface area contributed by atoms with E-state index >= 15 is 0 Å². The quantitative estimate of drug-likeness (QED) is 0.206. The molecule has 1 aliphatic carbocycles. The van der Waals surface area contributed by atoms with Crippen molar-refractivity contribution in [1.29, 1.82) is 0 Å². The number of nitrogens with zero attached hydrogens (tertiary/aromatic N) is 4. The summed E-state index contributed by atoms with van der Waals surface area (Å²) in [5, 5.41) is 6.46. The van der Waals surface area contributed by atoms with Gasteiger partial charge in [0.2, 0.25) is 23.1 Å². The van der Waals surface area contributed by atoms with E-state index in [1.807, 2.05) is 36.4 Å². The Balaban J connectivity index is 1.59. The summed E-state index contributed by atoms with van der Waals surface area (Å²) in [5.74, 6) is 2.68. The molecule has 1 saturated carbocycles. The molecule has 0 saturated heterocycles. The Labute approximate surface area is 252 Å². The van der Waals surface area contributed by atoms with E-state index in [0.717, 1.165) is 18.4 Å². The summed E-state index contributed by atoms with van der Waals surface area (Å²) in [6.07, 6.45) is 7.06. The first kappa shape index (κ1) is 30.7. The molecule has 2 aromatic carbocycles. The highest BCUT2D eigenvalue weighted by molar-refractivity contribution is 6.33. The third kappa shape index (κ3) is 8.60. The Morgan fingerprint density at radius 1 is 1.10 bits per heavy atom. The van der Waals surface area contributed by atoms with Crippen molar-refractivity contribution in [2.75, 3.05) is 31.0 Å². The highest BCUT2D eigenvalue weighted by Crippen LogP contribution is 2.34. The standard InChI is InChI=1S/C30H38Cl2N6O3/c1-20(21-10-5-4-6-11-21)38(30-36-28(32)35-29(37-30)34-25-13-8-7-12-24(25)31)19-22-15-16-23(18-26(22)40-3)41-17-9-14-27(39)33-2/h7-8,12-13,15-16,18,20-21H,4-6,9-11,14,17,19H2,1-3H3,(H,33,39)(H,34,35,36,37). The molecule has 1 fully saturated rings. The van der Waals surface area contributed by atoms with Crippen LogP contribution in [0.15, 0.2) is 42.5 Å². The predicted octanol–water partition coefficient (Wildman–Crippen LogP) is 6.81. The van der Waals surface area contributed by atoms with Gasteiger partial charge in [-0.05, 0) is 68.0 Å². The Morgan fingerprint density at radius 3 is 2.61 bits per heavy atom. The highest BCUT2D eigenvalue weighted by atomic mass is 35.5. The topological polar surface area (TPSA) is 102 Å². The largest absolute Gasteiger partial charge is 0.496 e. The lowest BCUT2D eigenvalue weighted by Crippen LogP contribution is -2.40. The first-order valence-corrected chi connectivity index (χ1v) is 14.8. The molecule has 0 spiro atoms. The Kier molecular flexibility index (Phi) is 11.3. The van der Waals surface area contributed by atoms with Gasteiger partial charge in [0.25, 0.3) is 0 Å². The van der Waals surface area contributed by atoms with Crippen molar-refractivity contribution < 1.29 is 14.3 Å². The first-order valence-electron chi connectivity index (χ1n) is 14.1. The molecule has 9 nitrogen and oxygen atoms in total. The Morgan fingerprint density at radius 2 is 1.88 bits per heavy atom. The van der Waals surface area contributed by atoms with Crippen molar-refractivity contribution in [2.45, 2.75) is 64.5 Å². The predicted molar refractivity (Wildman–Crippen MR) is 164 cm³/mol. The zero-order valence-electron chi connectivity index (χ0n) is 23.8. The van der Waals surface area contributed by atoms with Crippen LogP contribution in [0.2, 0.25) is 10.3 Å². The van der Waals surface area contributed by atoms with E-state index in [1.54, 1.807) is 20.2 Å². The number of carbonyl (C=O) groups excluding carboxylic acids is 1. The molecular weight excluding hydrogens is 563 g/mol. The van der Waals surface area contributed by atoms with Crippen LogP contribution < -0.4 is 25.0 Å². The number of halogens is 2.